The van der Waals surface area contributed by atoms with Gasteiger partial charge in [0.05, 0.1) is 52.8 Å². The lowest BCUT2D eigenvalue weighted by Crippen LogP contribution is -2.52. The molecule has 0 spiro atoms. The molecule has 1 saturated heterocycles. The Morgan fingerprint density at radius 2 is 1.42 bits per heavy atom. The van der Waals surface area contributed by atoms with Gasteiger partial charge >= 0.3 is 0 Å². The van der Waals surface area contributed by atoms with Gasteiger partial charge in [-0.3, -0.25) is 34.1 Å². The van der Waals surface area contributed by atoms with Crippen LogP contribution < -0.4 is 16.0 Å². The van der Waals surface area contributed by atoms with Crippen LogP contribution >= 0.6 is 0 Å². The van der Waals surface area contributed by atoms with Crippen molar-refractivity contribution in [1.82, 2.24) is 20.4 Å². The second-order valence-electron chi connectivity index (χ2n) is 17.1. The van der Waals surface area contributed by atoms with E-state index in [-0.39, 0.29) is 102 Å². The molecule has 71 heavy (non-hydrogen) atoms. The van der Waals surface area contributed by atoms with Gasteiger partial charge in [0, 0.05) is 60.4 Å². The number of aliphatic imine (C=N–C) groups is 1. The first-order chi connectivity index (χ1) is 34.7. The Morgan fingerprint density at radius 3 is 2.17 bits per heavy atom. The first-order valence-corrected chi connectivity index (χ1v) is 23.6. The molecule has 3 N–H and O–H groups in total. The second-order valence-corrected chi connectivity index (χ2v) is 17.1. The van der Waals surface area contributed by atoms with E-state index in [0.717, 1.165) is 22.3 Å². The molecule has 4 heterocycles. The SMILES string of the molecule is O=C(CN1Cc2ccccc2[C@@H]2OC(c3ccccc3)=N[C@]2(Cc2ccccc2)C1=O)NCCOCCOCC#CCOCCOCCOCC(=O)Nc1cccc2c1CN(C1CCC(=O)NC1=O)C2=O. The van der Waals surface area contributed by atoms with E-state index in [0.29, 0.717) is 55.6 Å². The number of fused-ring (bicyclic) bond motifs is 4. The highest BCUT2D eigenvalue weighted by molar-refractivity contribution is 6.07. The molecule has 370 valence electrons. The van der Waals surface area contributed by atoms with Gasteiger partial charge < -0.3 is 48.9 Å². The molecule has 4 aromatic carbocycles. The van der Waals surface area contributed by atoms with Crippen LogP contribution in [0.5, 0.6) is 0 Å². The topological polar surface area (TPSA) is 213 Å². The molecule has 1 unspecified atom stereocenters. The van der Waals surface area contributed by atoms with Crippen LogP contribution in [0.4, 0.5) is 5.69 Å². The molecule has 18 heteroatoms. The summed E-state index contributed by atoms with van der Waals surface area (Å²) in [5.74, 6) is 3.96. The van der Waals surface area contributed by atoms with E-state index in [1.807, 2.05) is 84.9 Å². The molecule has 6 amide bonds. The molecule has 0 saturated carbocycles. The molecular formula is C53H56N6O12. The molecule has 18 nitrogen and oxygen atoms in total. The average Bonchev–Trinajstić information content (AvgIpc) is 3.91. The number of imide groups is 1. The molecule has 1 fully saturated rings. The zero-order valence-electron chi connectivity index (χ0n) is 39.2. The number of nitrogens with zero attached hydrogens (tertiary/aromatic N) is 3. The van der Waals surface area contributed by atoms with Crippen molar-refractivity contribution < 1.29 is 57.2 Å². The van der Waals surface area contributed by atoms with Crippen LogP contribution in [0, 0.1) is 11.8 Å². The lowest BCUT2D eigenvalue weighted by atomic mass is 9.81. The first kappa shape index (κ1) is 50.1. The number of anilines is 1. The maximum atomic E-state index is 14.8. The summed E-state index contributed by atoms with van der Waals surface area (Å²) >= 11 is 0. The predicted molar refractivity (Wildman–Crippen MR) is 258 cm³/mol. The molecule has 8 rings (SSSR count). The Hall–Kier alpha value is -7.27. The highest BCUT2D eigenvalue weighted by atomic mass is 16.5. The minimum Gasteiger partial charge on any atom is -0.466 e. The van der Waals surface area contributed by atoms with Crippen molar-refractivity contribution >= 4 is 47.0 Å². The predicted octanol–water partition coefficient (Wildman–Crippen LogP) is 3.13. The maximum Gasteiger partial charge on any atom is 0.256 e. The zero-order chi connectivity index (χ0) is 49.4. The minimum absolute atomic E-state index is 0.141. The summed E-state index contributed by atoms with van der Waals surface area (Å²) in [4.78, 5) is 85.7. The van der Waals surface area contributed by atoms with E-state index in [2.05, 4.69) is 27.8 Å². The van der Waals surface area contributed by atoms with Crippen molar-refractivity contribution in [3.8, 4) is 11.8 Å². The van der Waals surface area contributed by atoms with E-state index in [9.17, 15) is 28.8 Å². The van der Waals surface area contributed by atoms with E-state index in [1.165, 1.54) is 4.90 Å². The van der Waals surface area contributed by atoms with Crippen LogP contribution in [0.1, 0.15) is 57.1 Å². The number of ether oxygens (including phenoxy) is 6. The van der Waals surface area contributed by atoms with Crippen molar-refractivity contribution in [3.05, 3.63) is 137 Å². The number of hydrogen-bond acceptors (Lipinski definition) is 13. The van der Waals surface area contributed by atoms with Crippen molar-refractivity contribution in [3.63, 3.8) is 0 Å². The molecule has 0 aliphatic carbocycles. The van der Waals surface area contributed by atoms with Gasteiger partial charge in [-0.05, 0) is 41.8 Å². The fourth-order valence-corrected chi connectivity index (χ4v) is 8.85. The van der Waals surface area contributed by atoms with E-state index < -0.39 is 29.5 Å². The van der Waals surface area contributed by atoms with Crippen molar-refractivity contribution in [1.29, 1.82) is 0 Å². The molecule has 0 bridgehead atoms. The fourth-order valence-electron chi connectivity index (χ4n) is 8.85. The van der Waals surface area contributed by atoms with Gasteiger partial charge in [0.25, 0.3) is 11.8 Å². The van der Waals surface area contributed by atoms with Gasteiger partial charge in [0.15, 0.2) is 11.6 Å². The standard InChI is InChI=1S/C53H56N6O12/c60-45-21-20-44(49(63)56-45)59-34-42-41(51(59)64)18-11-19-43(42)55-47(62)36-70-31-30-69-29-27-67-24-10-9-23-66-26-28-68-25-22-54-46(61)35-58-33-39-16-7-8-17-40(39)48-53(52(58)65,32-37-12-3-1-4-13-37)57-50(71-48)38-14-5-2-6-15-38/h1-8,11-19,44,48H,20-36H2,(H,54,61)(H,55,62)(H,56,60,63)/t44?,48-,53-/m0/s1. The lowest BCUT2D eigenvalue weighted by Gasteiger charge is -2.32. The summed E-state index contributed by atoms with van der Waals surface area (Å²) in [5.41, 5.74) is 3.61. The summed E-state index contributed by atoms with van der Waals surface area (Å²) < 4.78 is 34.2. The van der Waals surface area contributed by atoms with E-state index in [4.69, 9.17) is 33.4 Å². The van der Waals surface area contributed by atoms with Crippen LogP contribution in [0.2, 0.25) is 0 Å². The smallest absolute Gasteiger partial charge is 0.256 e. The average molecular weight is 969 g/mol. The normalized spacial score (nSPS) is 19.1. The number of hydrogen-bond donors (Lipinski definition) is 3. The highest BCUT2D eigenvalue weighted by Crippen LogP contribution is 2.46. The third kappa shape index (κ3) is 12.7. The largest absolute Gasteiger partial charge is 0.466 e. The molecule has 0 aromatic heterocycles. The van der Waals surface area contributed by atoms with Gasteiger partial charge in [0.2, 0.25) is 29.5 Å². The quantitative estimate of drug-likeness (QED) is 0.0556. The number of piperidine rings is 1. The maximum absolute atomic E-state index is 14.8. The van der Waals surface area contributed by atoms with Gasteiger partial charge in [-0.1, -0.05) is 90.7 Å². The number of amides is 6. The van der Waals surface area contributed by atoms with Crippen LogP contribution in [0.25, 0.3) is 0 Å². The summed E-state index contributed by atoms with van der Waals surface area (Å²) in [6.07, 6.45) is 0.0141. The molecule has 0 radical (unpaired) electrons. The third-order valence-corrected chi connectivity index (χ3v) is 12.2. The summed E-state index contributed by atoms with van der Waals surface area (Å²) in [7, 11) is 0. The summed E-state index contributed by atoms with van der Waals surface area (Å²) in [5, 5.41) is 7.94. The molecule has 4 aliphatic heterocycles. The monoisotopic (exact) mass is 968 g/mol. The number of rotatable bonds is 23. The van der Waals surface area contributed by atoms with Gasteiger partial charge in [0.1, 0.15) is 25.9 Å². The number of carbonyl (C=O) groups excluding carboxylic acids is 6. The van der Waals surface area contributed by atoms with Gasteiger partial charge in [-0.25, -0.2) is 4.99 Å². The molecule has 4 aromatic rings. The lowest BCUT2D eigenvalue weighted by molar-refractivity contribution is -0.143. The highest BCUT2D eigenvalue weighted by Gasteiger charge is 2.57. The Bertz CT molecular complexity index is 2650. The van der Waals surface area contributed by atoms with Crippen LogP contribution in [0.15, 0.2) is 108 Å². The Morgan fingerprint density at radius 1 is 0.746 bits per heavy atom. The molecular weight excluding hydrogens is 913 g/mol. The molecule has 3 atom stereocenters. The second kappa shape index (κ2) is 24.5. The summed E-state index contributed by atoms with van der Waals surface area (Å²) in [6, 6.07) is 31.3. The zero-order valence-corrected chi connectivity index (χ0v) is 39.2. The van der Waals surface area contributed by atoms with Crippen molar-refractivity contribution in [2.75, 3.05) is 84.5 Å². The van der Waals surface area contributed by atoms with Crippen molar-refractivity contribution in [2.45, 2.75) is 50.0 Å². The van der Waals surface area contributed by atoms with E-state index >= 15 is 0 Å². The van der Waals surface area contributed by atoms with Gasteiger partial charge in [-0.2, -0.15) is 0 Å². The summed E-state index contributed by atoms with van der Waals surface area (Å²) in [6.45, 7) is 2.52. The van der Waals surface area contributed by atoms with Crippen LogP contribution in [0.3, 0.4) is 0 Å². The van der Waals surface area contributed by atoms with Crippen molar-refractivity contribution in [2.24, 2.45) is 4.99 Å². The fraction of sp³-hybridized carbons (Fsp3) is 0.377. The Labute approximate surface area is 411 Å². The number of carbonyl (C=O) groups is 6. The van der Waals surface area contributed by atoms with Gasteiger partial charge in [-0.15, -0.1) is 0 Å². The Balaban J connectivity index is 0.662. The van der Waals surface area contributed by atoms with Crippen LogP contribution in [-0.4, -0.2) is 142 Å². The van der Waals surface area contributed by atoms with Crippen LogP contribution in [-0.2, 0) is 71.9 Å². The third-order valence-electron chi connectivity index (χ3n) is 12.2. The minimum atomic E-state index is -1.33. The number of benzene rings is 4. The number of nitrogens with one attached hydrogen (secondary N) is 3. The Kier molecular flexibility index (Phi) is 17.3. The first-order valence-electron chi connectivity index (χ1n) is 23.6. The molecule has 4 aliphatic rings. The van der Waals surface area contributed by atoms with E-state index in [1.54, 1.807) is 23.1 Å².